The molecule has 1 N–H and O–H groups in total. The SMILES string of the molecule is O=C(Nc1ccc(Br)c(Cl)c1Cl)c1ccccc1Br. The molecule has 0 spiro atoms. The van der Waals surface area contributed by atoms with Crippen molar-refractivity contribution in [1.82, 2.24) is 0 Å². The highest BCUT2D eigenvalue weighted by Crippen LogP contribution is 2.36. The average Bonchev–Trinajstić information content (AvgIpc) is 2.40. The molecule has 0 aromatic heterocycles. The lowest BCUT2D eigenvalue weighted by Gasteiger charge is -2.10. The van der Waals surface area contributed by atoms with E-state index in [-0.39, 0.29) is 5.91 Å². The highest BCUT2D eigenvalue weighted by Gasteiger charge is 2.13. The second-order valence-electron chi connectivity index (χ2n) is 3.66. The topological polar surface area (TPSA) is 29.1 Å². The summed E-state index contributed by atoms with van der Waals surface area (Å²) in [5.41, 5.74) is 0.994. The third-order valence-electron chi connectivity index (χ3n) is 2.40. The van der Waals surface area contributed by atoms with Gasteiger partial charge in [-0.3, -0.25) is 4.79 Å². The molecule has 0 fully saturated rings. The molecule has 19 heavy (non-hydrogen) atoms. The Morgan fingerprint density at radius 3 is 2.32 bits per heavy atom. The lowest BCUT2D eigenvalue weighted by atomic mass is 10.2. The Balaban J connectivity index is 2.30. The molecule has 0 aliphatic carbocycles. The van der Waals surface area contributed by atoms with Crippen molar-refractivity contribution in [2.75, 3.05) is 5.32 Å². The molecular weight excluding hydrogens is 417 g/mol. The zero-order valence-electron chi connectivity index (χ0n) is 9.38. The average molecular weight is 424 g/mol. The molecule has 0 atom stereocenters. The predicted molar refractivity (Wildman–Crippen MR) is 86.3 cm³/mol. The van der Waals surface area contributed by atoms with Crippen molar-refractivity contribution in [3.8, 4) is 0 Å². The Morgan fingerprint density at radius 2 is 1.63 bits per heavy atom. The van der Waals surface area contributed by atoms with Crippen molar-refractivity contribution in [1.29, 1.82) is 0 Å². The lowest BCUT2D eigenvalue weighted by Crippen LogP contribution is -2.12. The van der Waals surface area contributed by atoms with Crippen molar-refractivity contribution >= 4 is 66.7 Å². The maximum absolute atomic E-state index is 12.1. The number of carbonyl (C=O) groups excluding carboxylic acids is 1. The summed E-state index contributed by atoms with van der Waals surface area (Å²) in [7, 11) is 0. The van der Waals surface area contributed by atoms with Crippen LogP contribution in [0.4, 0.5) is 5.69 Å². The van der Waals surface area contributed by atoms with E-state index in [1.54, 1.807) is 30.3 Å². The molecule has 2 aromatic rings. The highest BCUT2D eigenvalue weighted by molar-refractivity contribution is 9.10. The molecule has 0 saturated carbocycles. The predicted octanol–water partition coefficient (Wildman–Crippen LogP) is 5.77. The van der Waals surface area contributed by atoms with Gasteiger partial charge < -0.3 is 5.32 Å². The normalized spacial score (nSPS) is 10.3. The molecular formula is C13H7Br2Cl2NO. The number of halogens is 4. The second-order valence-corrected chi connectivity index (χ2v) is 6.12. The Morgan fingerprint density at radius 1 is 0.947 bits per heavy atom. The van der Waals surface area contributed by atoms with Crippen LogP contribution in [0.3, 0.4) is 0 Å². The molecule has 2 rings (SSSR count). The van der Waals surface area contributed by atoms with E-state index in [1.165, 1.54) is 0 Å². The molecule has 2 nitrogen and oxygen atoms in total. The number of hydrogen-bond acceptors (Lipinski definition) is 1. The van der Waals surface area contributed by atoms with Gasteiger partial charge in [-0.25, -0.2) is 0 Å². The van der Waals surface area contributed by atoms with Crippen LogP contribution in [0.5, 0.6) is 0 Å². The quantitative estimate of drug-likeness (QED) is 0.610. The molecule has 0 radical (unpaired) electrons. The molecule has 6 heteroatoms. The first-order valence-corrected chi connectivity index (χ1v) is 7.54. The minimum atomic E-state index is -0.257. The molecule has 0 heterocycles. The van der Waals surface area contributed by atoms with Gasteiger partial charge in [-0.1, -0.05) is 35.3 Å². The summed E-state index contributed by atoms with van der Waals surface area (Å²) in [5.74, 6) is -0.257. The Bertz CT molecular complexity index is 647. The van der Waals surface area contributed by atoms with Crippen LogP contribution in [0.1, 0.15) is 10.4 Å². The summed E-state index contributed by atoms with van der Waals surface area (Å²) in [6, 6.07) is 10.6. The number of amides is 1. The van der Waals surface area contributed by atoms with Gasteiger partial charge in [0.05, 0.1) is 21.3 Å². The first-order chi connectivity index (χ1) is 9.00. The maximum Gasteiger partial charge on any atom is 0.256 e. The number of nitrogens with one attached hydrogen (secondary N) is 1. The van der Waals surface area contributed by atoms with Gasteiger partial charge in [-0.05, 0) is 56.1 Å². The fraction of sp³-hybridized carbons (Fsp3) is 0. The van der Waals surface area contributed by atoms with Crippen LogP contribution in [0.15, 0.2) is 45.3 Å². The smallest absolute Gasteiger partial charge is 0.256 e. The van der Waals surface area contributed by atoms with E-state index >= 15 is 0 Å². The number of rotatable bonds is 2. The van der Waals surface area contributed by atoms with Gasteiger partial charge in [0.15, 0.2) is 0 Å². The van der Waals surface area contributed by atoms with E-state index in [0.717, 1.165) is 0 Å². The molecule has 1 amide bonds. The van der Waals surface area contributed by atoms with E-state index in [1.807, 2.05) is 6.07 Å². The van der Waals surface area contributed by atoms with Gasteiger partial charge in [0.2, 0.25) is 0 Å². The van der Waals surface area contributed by atoms with Gasteiger partial charge >= 0.3 is 0 Å². The summed E-state index contributed by atoms with van der Waals surface area (Å²) >= 11 is 18.7. The monoisotopic (exact) mass is 421 g/mol. The molecule has 0 aliphatic heterocycles. The van der Waals surface area contributed by atoms with Crippen LogP contribution in [0.2, 0.25) is 10.0 Å². The fourth-order valence-corrected chi connectivity index (χ4v) is 2.74. The molecule has 0 bridgehead atoms. The third-order valence-corrected chi connectivity index (χ3v) is 4.86. The highest BCUT2D eigenvalue weighted by atomic mass is 79.9. The van der Waals surface area contributed by atoms with Crippen molar-refractivity contribution in [3.63, 3.8) is 0 Å². The minimum absolute atomic E-state index is 0.257. The molecule has 0 saturated heterocycles. The molecule has 2 aromatic carbocycles. The summed E-state index contributed by atoms with van der Waals surface area (Å²) in [6.45, 7) is 0. The van der Waals surface area contributed by atoms with Crippen molar-refractivity contribution in [2.24, 2.45) is 0 Å². The number of hydrogen-bond donors (Lipinski definition) is 1. The zero-order chi connectivity index (χ0) is 14.0. The van der Waals surface area contributed by atoms with Crippen LogP contribution in [0, 0.1) is 0 Å². The molecule has 0 unspecified atom stereocenters. The van der Waals surface area contributed by atoms with Crippen molar-refractivity contribution in [3.05, 3.63) is 61.0 Å². The van der Waals surface area contributed by atoms with Gasteiger partial charge in [-0.15, -0.1) is 0 Å². The summed E-state index contributed by atoms with van der Waals surface area (Å²) in [4.78, 5) is 12.1. The number of carbonyl (C=O) groups is 1. The van der Waals surface area contributed by atoms with E-state index in [4.69, 9.17) is 23.2 Å². The Kier molecular flexibility index (Phi) is 4.90. The lowest BCUT2D eigenvalue weighted by molar-refractivity contribution is 0.102. The summed E-state index contributed by atoms with van der Waals surface area (Å²) in [6.07, 6.45) is 0. The van der Waals surface area contributed by atoms with E-state index in [9.17, 15) is 4.79 Å². The third kappa shape index (κ3) is 3.31. The molecule has 98 valence electrons. The van der Waals surface area contributed by atoms with Crippen LogP contribution in [-0.4, -0.2) is 5.91 Å². The van der Waals surface area contributed by atoms with Crippen LogP contribution in [-0.2, 0) is 0 Å². The van der Waals surface area contributed by atoms with Crippen LogP contribution in [0.25, 0.3) is 0 Å². The second kappa shape index (κ2) is 6.27. The summed E-state index contributed by atoms with van der Waals surface area (Å²) in [5, 5.41) is 3.40. The van der Waals surface area contributed by atoms with Gasteiger partial charge in [-0.2, -0.15) is 0 Å². The zero-order valence-corrected chi connectivity index (χ0v) is 14.1. The largest absolute Gasteiger partial charge is 0.321 e. The number of benzene rings is 2. The minimum Gasteiger partial charge on any atom is -0.321 e. The maximum atomic E-state index is 12.1. The number of anilines is 1. The Hall–Kier alpha value is -0.550. The summed E-state index contributed by atoms with van der Waals surface area (Å²) < 4.78 is 1.39. The van der Waals surface area contributed by atoms with Crippen molar-refractivity contribution in [2.45, 2.75) is 0 Å². The molecule has 0 aliphatic rings. The van der Waals surface area contributed by atoms with Gasteiger partial charge in [0.1, 0.15) is 0 Å². The van der Waals surface area contributed by atoms with Gasteiger partial charge in [0, 0.05) is 8.95 Å². The fourth-order valence-electron chi connectivity index (χ4n) is 1.46. The van der Waals surface area contributed by atoms with E-state index < -0.39 is 0 Å². The van der Waals surface area contributed by atoms with Crippen LogP contribution < -0.4 is 5.32 Å². The first kappa shape index (κ1) is 14.9. The van der Waals surface area contributed by atoms with E-state index in [0.29, 0.717) is 30.2 Å². The van der Waals surface area contributed by atoms with E-state index in [2.05, 4.69) is 37.2 Å². The standard InChI is InChI=1S/C13H7Br2Cl2NO/c14-8-4-2-1-3-7(8)13(19)18-10-6-5-9(15)11(16)12(10)17/h1-6H,(H,18,19). The van der Waals surface area contributed by atoms with Crippen LogP contribution >= 0.6 is 55.1 Å². The van der Waals surface area contributed by atoms with Gasteiger partial charge in [0.25, 0.3) is 5.91 Å². The van der Waals surface area contributed by atoms with Crippen molar-refractivity contribution < 1.29 is 4.79 Å². The first-order valence-electron chi connectivity index (χ1n) is 5.20. The Labute approximate surface area is 137 Å².